The molecule has 2 aromatic carbocycles. The molecular formula is C21H22ClN2O2. The maximum absolute atomic E-state index is 13.0. The first-order valence-corrected chi connectivity index (χ1v) is 9.07. The highest BCUT2D eigenvalue weighted by atomic mass is 35.5. The number of nitrogens with zero attached hydrogens (tertiary/aromatic N) is 1. The van der Waals surface area contributed by atoms with E-state index in [0.29, 0.717) is 23.7 Å². The number of likely N-dealkylation sites (N-methyl/N-ethyl adjacent to an activating group) is 1. The number of rotatable bonds is 4. The fraction of sp³-hybridized carbons (Fsp3) is 0.333. The summed E-state index contributed by atoms with van der Waals surface area (Å²) in [6.45, 7) is 6.77. The van der Waals surface area contributed by atoms with E-state index >= 15 is 0 Å². The second kappa shape index (κ2) is 7.12. The first-order chi connectivity index (χ1) is 12.4. The molecule has 0 aromatic heterocycles. The Morgan fingerprint density at radius 3 is 2.62 bits per heavy atom. The van der Waals surface area contributed by atoms with E-state index in [4.69, 9.17) is 11.6 Å². The van der Waals surface area contributed by atoms with Crippen LogP contribution in [0, 0.1) is 6.07 Å². The van der Waals surface area contributed by atoms with Gasteiger partial charge < -0.3 is 10.2 Å². The van der Waals surface area contributed by atoms with Crippen molar-refractivity contribution < 1.29 is 9.59 Å². The highest BCUT2D eigenvalue weighted by molar-refractivity contribution is 6.30. The minimum absolute atomic E-state index is 0.120. The summed E-state index contributed by atoms with van der Waals surface area (Å²) in [5, 5.41) is 3.63. The van der Waals surface area contributed by atoms with Gasteiger partial charge in [0.1, 0.15) is 6.04 Å². The van der Waals surface area contributed by atoms with Crippen molar-refractivity contribution in [3.63, 3.8) is 0 Å². The highest BCUT2D eigenvalue weighted by Crippen LogP contribution is 2.38. The summed E-state index contributed by atoms with van der Waals surface area (Å²) in [4.78, 5) is 27.6. The predicted molar refractivity (Wildman–Crippen MR) is 102 cm³/mol. The Bertz CT molecular complexity index is 830. The molecule has 0 saturated heterocycles. The van der Waals surface area contributed by atoms with Crippen LogP contribution in [0.5, 0.6) is 0 Å². The van der Waals surface area contributed by atoms with Gasteiger partial charge in [-0.25, -0.2) is 0 Å². The molecule has 0 fully saturated rings. The van der Waals surface area contributed by atoms with Gasteiger partial charge in [0.15, 0.2) is 0 Å². The van der Waals surface area contributed by atoms with Gasteiger partial charge in [0, 0.05) is 29.1 Å². The Morgan fingerprint density at radius 1 is 1.27 bits per heavy atom. The van der Waals surface area contributed by atoms with E-state index < -0.39 is 11.5 Å². The molecule has 1 N–H and O–H groups in total. The van der Waals surface area contributed by atoms with Crippen LogP contribution in [0.2, 0.25) is 5.02 Å². The molecule has 135 valence electrons. The Hall–Kier alpha value is -2.33. The second-order valence-electron chi connectivity index (χ2n) is 7.03. The van der Waals surface area contributed by atoms with E-state index in [1.807, 2.05) is 39.0 Å². The fourth-order valence-electron chi connectivity index (χ4n) is 3.66. The molecular weight excluding hydrogens is 348 g/mol. The first-order valence-electron chi connectivity index (χ1n) is 8.70. The third-order valence-corrected chi connectivity index (χ3v) is 5.27. The van der Waals surface area contributed by atoms with Crippen molar-refractivity contribution in [1.29, 1.82) is 0 Å². The molecule has 2 amide bonds. The van der Waals surface area contributed by atoms with Crippen LogP contribution in [0.25, 0.3) is 0 Å². The number of nitrogens with one attached hydrogen (secondary N) is 1. The van der Waals surface area contributed by atoms with Crippen LogP contribution in [0.4, 0.5) is 0 Å². The lowest BCUT2D eigenvalue weighted by Gasteiger charge is -2.45. The molecule has 2 aromatic rings. The molecule has 1 atom stereocenters. The summed E-state index contributed by atoms with van der Waals surface area (Å²) in [6.07, 6.45) is 0. The second-order valence-corrected chi connectivity index (χ2v) is 7.47. The van der Waals surface area contributed by atoms with Crippen molar-refractivity contribution in [2.75, 3.05) is 6.54 Å². The summed E-state index contributed by atoms with van der Waals surface area (Å²) in [7, 11) is 0. The Morgan fingerprint density at radius 2 is 1.96 bits per heavy atom. The van der Waals surface area contributed by atoms with Gasteiger partial charge in [0.05, 0.1) is 0 Å². The van der Waals surface area contributed by atoms with E-state index in [0.717, 1.165) is 11.1 Å². The molecule has 0 saturated carbocycles. The van der Waals surface area contributed by atoms with Crippen LogP contribution in [0.15, 0.2) is 42.5 Å². The number of halogens is 1. The molecule has 1 heterocycles. The Balaban J connectivity index is 1.88. The van der Waals surface area contributed by atoms with E-state index in [2.05, 4.69) is 11.4 Å². The molecule has 1 radical (unpaired) electrons. The van der Waals surface area contributed by atoms with Gasteiger partial charge in [0.2, 0.25) is 5.91 Å². The lowest BCUT2D eigenvalue weighted by Crippen LogP contribution is -2.61. The zero-order chi connectivity index (χ0) is 18.9. The van der Waals surface area contributed by atoms with Gasteiger partial charge in [-0.1, -0.05) is 49.7 Å². The van der Waals surface area contributed by atoms with Crippen molar-refractivity contribution in [2.24, 2.45) is 0 Å². The van der Waals surface area contributed by atoms with Crippen molar-refractivity contribution in [1.82, 2.24) is 10.2 Å². The smallest absolute Gasteiger partial charge is 0.254 e. The molecule has 1 aliphatic rings. The fourth-order valence-corrected chi connectivity index (χ4v) is 3.79. The zero-order valence-corrected chi connectivity index (χ0v) is 15.9. The number of carbonyl (C=O) groups is 2. The SMILES string of the molecule is CCN1C(=O)c2c[c]ccc2C(C)(C)C1C(=O)NCc1ccc(Cl)cc1. The van der Waals surface area contributed by atoms with Gasteiger partial charge in [-0.15, -0.1) is 0 Å². The largest absolute Gasteiger partial charge is 0.350 e. The quantitative estimate of drug-likeness (QED) is 0.895. The van der Waals surface area contributed by atoms with Crippen LogP contribution in [-0.4, -0.2) is 29.3 Å². The molecule has 3 rings (SSSR count). The topological polar surface area (TPSA) is 49.4 Å². The summed E-state index contributed by atoms with van der Waals surface area (Å²) >= 11 is 5.90. The highest BCUT2D eigenvalue weighted by Gasteiger charge is 2.47. The molecule has 0 spiro atoms. The van der Waals surface area contributed by atoms with Gasteiger partial charge >= 0.3 is 0 Å². The average molecular weight is 370 g/mol. The number of hydrogen-bond donors (Lipinski definition) is 1. The maximum atomic E-state index is 13.0. The summed E-state index contributed by atoms with van der Waals surface area (Å²) < 4.78 is 0. The van der Waals surface area contributed by atoms with Gasteiger partial charge in [0.25, 0.3) is 5.91 Å². The van der Waals surface area contributed by atoms with Gasteiger partial charge in [-0.05, 0) is 42.3 Å². The Kier molecular flexibility index (Phi) is 5.05. The number of amides is 2. The summed E-state index contributed by atoms with van der Waals surface area (Å²) in [5.41, 5.74) is 1.97. The van der Waals surface area contributed by atoms with E-state index in [-0.39, 0.29) is 11.8 Å². The maximum Gasteiger partial charge on any atom is 0.254 e. The third kappa shape index (κ3) is 3.21. The van der Waals surface area contributed by atoms with Crippen LogP contribution >= 0.6 is 11.6 Å². The van der Waals surface area contributed by atoms with E-state index in [1.165, 1.54) is 0 Å². The third-order valence-electron chi connectivity index (χ3n) is 5.01. The van der Waals surface area contributed by atoms with Crippen molar-refractivity contribution in [3.05, 3.63) is 70.2 Å². The van der Waals surface area contributed by atoms with Crippen LogP contribution < -0.4 is 5.32 Å². The van der Waals surface area contributed by atoms with Crippen molar-refractivity contribution in [2.45, 2.75) is 38.8 Å². The van der Waals surface area contributed by atoms with Crippen molar-refractivity contribution in [3.8, 4) is 0 Å². The van der Waals surface area contributed by atoms with Crippen LogP contribution in [0.1, 0.15) is 42.3 Å². The first kappa shape index (κ1) is 18.5. The molecule has 4 nitrogen and oxygen atoms in total. The normalized spacial score (nSPS) is 18.4. The number of benzene rings is 2. The number of carbonyl (C=O) groups excluding carboxylic acids is 2. The predicted octanol–water partition coefficient (Wildman–Crippen LogP) is 3.58. The molecule has 0 bridgehead atoms. The average Bonchev–Trinajstić information content (AvgIpc) is 2.64. The van der Waals surface area contributed by atoms with Crippen molar-refractivity contribution >= 4 is 23.4 Å². The Labute approximate surface area is 159 Å². The standard InChI is InChI=1S/C21H22ClN2O2/c1-4-24-18(19(25)23-13-14-9-11-15(22)12-10-14)21(2,3)17-8-6-5-7-16(17)20(24)26/h6-12,18H,4,13H2,1-3H3,(H,23,25). The number of hydrogen-bond acceptors (Lipinski definition) is 2. The van der Waals surface area contributed by atoms with Crippen LogP contribution in [-0.2, 0) is 16.8 Å². The minimum Gasteiger partial charge on any atom is -0.350 e. The lowest BCUT2D eigenvalue weighted by molar-refractivity contribution is -0.128. The number of fused-ring (bicyclic) bond motifs is 1. The van der Waals surface area contributed by atoms with Gasteiger partial charge in [-0.3, -0.25) is 9.59 Å². The molecule has 1 unspecified atom stereocenters. The lowest BCUT2D eigenvalue weighted by atomic mass is 9.71. The van der Waals surface area contributed by atoms with E-state index in [9.17, 15) is 9.59 Å². The molecule has 26 heavy (non-hydrogen) atoms. The summed E-state index contributed by atoms with van der Waals surface area (Å²) in [5.74, 6) is -0.274. The summed E-state index contributed by atoms with van der Waals surface area (Å²) in [6, 6.07) is 15.1. The zero-order valence-electron chi connectivity index (χ0n) is 15.2. The molecule has 5 heteroatoms. The molecule has 1 aliphatic heterocycles. The van der Waals surface area contributed by atoms with E-state index in [1.54, 1.807) is 29.2 Å². The molecule has 0 aliphatic carbocycles. The minimum atomic E-state index is -0.567. The monoisotopic (exact) mass is 369 g/mol. The van der Waals surface area contributed by atoms with Gasteiger partial charge in [-0.2, -0.15) is 0 Å². The van der Waals surface area contributed by atoms with Crippen LogP contribution in [0.3, 0.4) is 0 Å².